The average Bonchev–Trinajstić information content (AvgIpc) is 3.05. The van der Waals surface area contributed by atoms with Crippen LogP contribution in [0.15, 0.2) is 36.9 Å². The Hall–Kier alpha value is -2.21. The molecule has 0 aliphatic heterocycles. The molecule has 2 aromatic rings. The summed E-state index contributed by atoms with van der Waals surface area (Å²) < 4.78 is 6.75. The van der Waals surface area contributed by atoms with Gasteiger partial charge >= 0.3 is 0 Å². The van der Waals surface area contributed by atoms with Gasteiger partial charge in [0.1, 0.15) is 12.7 Å². The number of hydrogen-bond donors (Lipinski definition) is 0. The van der Waals surface area contributed by atoms with Gasteiger partial charge in [-0.1, -0.05) is 13.8 Å². The molecular weight excluding hydrogens is 280 g/mol. The van der Waals surface area contributed by atoms with E-state index in [1.807, 2.05) is 29.2 Å². The number of amides is 1. The van der Waals surface area contributed by atoms with E-state index in [1.165, 1.54) is 6.33 Å². The van der Waals surface area contributed by atoms with Gasteiger partial charge in [0, 0.05) is 25.8 Å². The molecule has 0 aliphatic carbocycles. The predicted octanol–water partition coefficient (Wildman–Crippen LogP) is 2.01. The summed E-state index contributed by atoms with van der Waals surface area (Å²) in [6.07, 6.45) is 3.11. The highest BCUT2D eigenvalue weighted by Gasteiger charge is 2.16. The summed E-state index contributed by atoms with van der Waals surface area (Å²) in [5.41, 5.74) is 1.54. The second kappa shape index (κ2) is 7.70. The van der Waals surface area contributed by atoms with Crippen LogP contribution in [0.5, 0.6) is 0 Å². The molecule has 22 heavy (non-hydrogen) atoms. The number of rotatable bonds is 7. The summed E-state index contributed by atoms with van der Waals surface area (Å²) in [6, 6.07) is 7.37. The lowest BCUT2D eigenvalue weighted by Gasteiger charge is -2.24. The highest BCUT2D eigenvalue weighted by Crippen LogP contribution is 2.11. The summed E-state index contributed by atoms with van der Waals surface area (Å²) >= 11 is 0. The molecule has 1 heterocycles. The van der Waals surface area contributed by atoms with E-state index < -0.39 is 0 Å². The second-order valence-electron chi connectivity index (χ2n) is 5.52. The quantitative estimate of drug-likeness (QED) is 0.785. The van der Waals surface area contributed by atoms with E-state index in [-0.39, 0.29) is 5.91 Å². The Morgan fingerprint density at radius 2 is 2.05 bits per heavy atom. The Balaban J connectivity index is 2.12. The van der Waals surface area contributed by atoms with Gasteiger partial charge in [-0.25, -0.2) is 9.67 Å². The predicted molar refractivity (Wildman–Crippen MR) is 84.0 cm³/mol. The van der Waals surface area contributed by atoms with E-state index in [4.69, 9.17) is 4.74 Å². The SMILES string of the molecule is COCCN(CC(C)C)C(=O)c1ccc(-n2cncn2)cc1. The fourth-order valence-electron chi connectivity index (χ4n) is 2.20. The van der Waals surface area contributed by atoms with Gasteiger partial charge < -0.3 is 9.64 Å². The standard InChI is InChI=1S/C16H22N4O2/c1-13(2)10-19(8-9-22-3)16(21)14-4-6-15(7-5-14)20-12-17-11-18-20/h4-7,11-13H,8-10H2,1-3H3. The van der Waals surface area contributed by atoms with Crippen molar-refractivity contribution in [3.63, 3.8) is 0 Å². The van der Waals surface area contributed by atoms with Gasteiger partial charge in [-0.2, -0.15) is 5.10 Å². The first kappa shape index (κ1) is 16.2. The molecule has 118 valence electrons. The molecule has 0 saturated carbocycles. The highest BCUT2D eigenvalue weighted by atomic mass is 16.5. The van der Waals surface area contributed by atoms with Crippen LogP contribution < -0.4 is 0 Å². The maximum Gasteiger partial charge on any atom is 0.253 e. The molecule has 0 unspecified atom stereocenters. The molecule has 6 nitrogen and oxygen atoms in total. The molecule has 1 aromatic heterocycles. The largest absolute Gasteiger partial charge is 0.383 e. The molecule has 2 rings (SSSR count). The minimum absolute atomic E-state index is 0.0240. The number of ether oxygens (including phenoxy) is 1. The number of benzene rings is 1. The van der Waals surface area contributed by atoms with Crippen molar-refractivity contribution in [2.75, 3.05) is 26.8 Å². The smallest absolute Gasteiger partial charge is 0.253 e. The lowest BCUT2D eigenvalue weighted by Crippen LogP contribution is -2.36. The Kier molecular flexibility index (Phi) is 5.66. The van der Waals surface area contributed by atoms with E-state index in [0.717, 1.165) is 5.69 Å². The van der Waals surface area contributed by atoms with Gasteiger partial charge in [-0.3, -0.25) is 4.79 Å². The number of methoxy groups -OCH3 is 1. The van der Waals surface area contributed by atoms with Crippen LogP contribution in [0.2, 0.25) is 0 Å². The number of aromatic nitrogens is 3. The third kappa shape index (κ3) is 4.14. The Bertz CT molecular complexity index is 579. The van der Waals surface area contributed by atoms with Gasteiger partial charge in [0.05, 0.1) is 12.3 Å². The molecule has 0 aliphatic rings. The minimum atomic E-state index is 0.0240. The number of nitrogens with zero attached hydrogens (tertiary/aromatic N) is 4. The summed E-state index contributed by atoms with van der Waals surface area (Å²) in [4.78, 5) is 18.4. The first-order valence-corrected chi connectivity index (χ1v) is 7.35. The maximum absolute atomic E-state index is 12.6. The van der Waals surface area contributed by atoms with Crippen molar-refractivity contribution >= 4 is 5.91 Å². The van der Waals surface area contributed by atoms with Crippen molar-refractivity contribution in [1.82, 2.24) is 19.7 Å². The number of hydrogen-bond acceptors (Lipinski definition) is 4. The third-order valence-electron chi connectivity index (χ3n) is 3.24. The molecule has 0 atom stereocenters. The van der Waals surface area contributed by atoms with Gasteiger partial charge in [-0.15, -0.1) is 0 Å². The van der Waals surface area contributed by atoms with Crippen molar-refractivity contribution in [2.45, 2.75) is 13.8 Å². The second-order valence-corrected chi connectivity index (χ2v) is 5.52. The van der Waals surface area contributed by atoms with Crippen molar-refractivity contribution < 1.29 is 9.53 Å². The molecule has 1 amide bonds. The Morgan fingerprint density at radius 1 is 1.32 bits per heavy atom. The molecule has 0 radical (unpaired) electrons. The van der Waals surface area contributed by atoms with Gasteiger partial charge in [0.25, 0.3) is 5.91 Å². The minimum Gasteiger partial charge on any atom is -0.383 e. The van der Waals surface area contributed by atoms with Gasteiger partial charge in [0.15, 0.2) is 0 Å². The normalized spacial score (nSPS) is 10.9. The highest BCUT2D eigenvalue weighted by molar-refractivity contribution is 5.94. The zero-order valence-electron chi connectivity index (χ0n) is 13.3. The lowest BCUT2D eigenvalue weighted by molar-refractivity contribution is 0.0672. The molecule has 6 heteroatoms. The molecule has 1 aromatic carbocycles. The van der Waals surface area contributed by atoms with Crippen LogP contribution >= 0.6 is 0 Å². The zero-order chi connectivity index (χ0) is 15.9. The summed E-state index contributed by atoms with van der Waals surface area (Å²) in [5, 5.41) is 4.07. The van der Waals surface area contributed by atoms with Crippen LogP contribution in [0.1, 0.15) is 24.2 Å². The first-order valence-electron chi connectivity index (χ1n) is 7.35. The van der Waals surface area contributed by atoms with Crippen LogP contribution in [0.4, 0.5) is 0 Å². The summed E-state index contributed by atoms with van der Waals surface area (Å²) in [7, 11) is 1.64. The van der Waals surface area contributed by atoms with Crippen molar-refractivity contribution in [3.05, 3.63) is 42.5 Å². The van der Waals surface area contributed by atoms with E-state index >= 15 is 0 Å². The van der Waals surface area contributed by atoms with Crippen LogP contribution in [0.25, 0.3) is 5.69 Å². The van der Waals surface area contributed by atoms with Crippen LogP contribution in [0.3, 0.4) is 0 Å². The number of carbonyl (C=O) groups is 1. The monoisotopic (exact) mass is 302 g/mol. The Morgan fingerprint density at radius 3 is 2.59 bits per heavy atom. The first-order chi connectivity index (χ1) is 10.6. The molecule has 0 saturated heterocycles. The topological polar surface area (TPSA) is 60.2 Å². The molecule has 0 spiro atoms. The van der Waals surface area contributed by atoms with Crippen LogP contribution in [0, 0.1) is 5.92 Å². The van der Waals surface area contributed by atoms with E-state index in [1.54, 1.807) is 18.1 Å². The summed E-state index contributed by atoms with van der Waals surface area (Å²) in [6.45, 7) is 6.04. The lowest BCUT2D eigenvalue weighted by atomic mass is 10.1. The molecular formula is C16H22N4O2. The number of carbonyl (C=O) groups excluding carboxylic acids is 1. The van der Waals surface area contributed by atoms with Crippen molar-refractivity contribution in [1.29, 1.82) is 0 Å². The van der Waals surface area contributed by atoms with Crippen LogP contribution in [-0.4, -0.2) is 52.4 Å². The van der Waals surface area contributed by atoms with E-state index in [0.29, 0.717) is 31.2 Å². The van der Waals surface area contributed by atoms with E-state index in [2.05, 4.69) is 23.9 Å². The molecule has 0 fully saturated rings. The third-order valence-corrected chi connectivity index (χ3v) is 3.24. The van der Waals surface area contributed by atoms with Crippen molar-refractivity contribution in [3.8, 4) is 5.69 Å². The fourth-order valence-corrected chi connectivity index (χ4v) is 2.20. The molecule has 0 bridgehead atoms. The van der Waals surface area contributed by atoms with E-state index in [9.17, 15) is 4.79 Å². The maximum atomic E-state index is 12.6. The summed E-state index contributed by atoms with van der Waals surface area (Å²) in [5.74, 6) is 0.436. The van der Waals surface area contributed by atoms with Crippen molar-refractivity contribution in [2.24, 2.45) is 5.92 Å². The van der Waals surface area contributed by atoms with Crippen LogP contribution in [-0.2, 0) is 4.74 Å². The average molecular weight is 302 g/mol. The Labute approximate surface area is 130 Å². The van der Waals surface area contributed by atoms with Gasteiger partial charge in [0.2, 0.25) is 0 Å². The van der Waals surface area contributed by atoms with Gasteiger partial charge in [-0.05, 0) is 30.2 Å². The zero-order valence-corrected chi connectivity index (χ0v) is 13.3. The molecule has 0 N–H and O–H groups in total. The fraction of sp³-hybridized carbons (Fsp3) is 0.438.